The van der Waals surface area contributed by atoms with E-state index in [9.17, 15) is 5.11 Å². The third-order valence-corrected chi connectivity index (χ3v) is 2.36. The summed E-state index contributed by atoms with van der Waals surface area (Å²) >= 11 is 0. The lowest BCUT2D eigenvalue weighted by atomic mass is 10.2. The molecule has 2 aromatic rings. The van der Waals surface area contributed by atoms with Crippen molar-refractivity contribution in [2.45, 2.75) is 0 Å². The van der Waals surface area contributed by atoms with Gasteiger partial charge in [-0.25, -0.2) is 0 Å². The van der Waals surface area contributed by atoms with Crippen LogP contribution >= 0.6 is 0 Å². The zero-order valence-corrected chi connectivity index (χ0v) is 9.20. The Morgan fingerprint density at radius 1 is 1.35 bits per heavy atom. The first-order valence-corrected chi connectivity index (χ1v) is 4.97. The molecule has 0 aliphatic carbocycles. The minimum Gasteiger partial charge on any atom is -0.508 e. The summed E-state index contributed by atoms with van der Waals surface area (Å²) in [6, 6.07) is 10.4. The monoisotopic (exact) mass is 226 g/mol. The molecule has 0 saturated carbocycles. The van der Waals surface area contributed by atoms with Gasteiger partial charge in [-0.2, -0.15) is 10.4 Å². The molecule has 0 amide bonds. The lowest BCUT2D eigenvalue weighted by molar-refractivity contribution is 0.475. The molecule has 5 heteroatoms. The molecule has 0 saturated heterocycles. The molecular formula is C12H10N4O. The highest BCUT2D eigenvalue weighted by molar-refractivity contribution is 5.65. The maximum absolute atomic E-state index is 9.41. The Balaban J connectivity index is 2.44. The summed E-state index contributed by atoms with van der Waals surface area (Å²) in [4.78, 5) is 1.70. The first-order valence-electron chi connectivity index (χ1n) is 4.97. The normalized spacial score (nSPS) is 9.65. The van der Waals surface area contributed by atoms with Gasteiger partial charge in [-0.15, -0.1) is 5.10 Å². The molecule has 0 bridgehead atoms. The van der Waals surface area contributed by atoms with Gasteiger partial charge in [0.2, 0.25) is 0 Å². The van der Waals surface area contributed by atoms with Crippen molar-refractivity contribution in [2.24, 2.45) is 0 Å². The van der Waals surface area contributed by atoms with Gasteiger partial charge in [0.15, 0.2) is 5.82 Å². The largest absolute Gasteiger partial charge is 0.508 e. The molecule has 1 N–H and O–H groups in total. The van der Waals surface area contributed by atoms with Crippen LogP contribution in [0, 0.1) is 11.3 Å². The van der Waals surface area contributed by atoms with Crippen molar-refractivity contribution >= 4 is 11.5 Å². The number of hydrogen-bond donors (Lipinski definition) is 1. The minimum absolute atomic E-state index is 0.164. The van der Waals surface area contributed by atoms with Gasteiger partial charge in [-0.05, 0) is 18.2 Å². The fourth-order valence-corrected chi connectivity index (χ4v) is 1.48. The molecule has 84 valence electrons. The highest BCUT2D eigenvalue weighted by atomic mass is 16.3. The number of aromatic nitrogens is 2. The molecular weight excluding hydrogens is 216 g/mol. The Kier molecular flexibility index (Phi) is 2.88. The summed E-state index contributed by atoms with van der Waals surface area (Å²) in [6.45, 7) is 0. The summed E-state index contributed by atoms with van der Waals surface area (Å²) in [5, 5.41) is 26.1. The molecule has 0 aliphatic heterocycles. The molecule has 2 rings (SSSR count). The maximum atomic E-state index is 9.41. The van der Waals surface area contributed by atoms with Crippen LogP contribution in [0.2, 0.25) is 0 Å². The molecule has 0 aliphatic rings. The Hall–Kier alpha value is -2.61. The van der Waals surface area contributed by atoms with Crippen LogP contribution in [-0.2, 0) is 0 Å². The molecule has 17 heavy (non-hydrogen) atoms. The van der Waals surface area contributed by atoms with Crippen molar-refractivity contribution in [3.8, 4) is 11.8 Å². The third kappa shape index (κ3) is 2.16. The van der Waals surface area contributed by atoms with Crippen LogP contribution < -0.4 is 4.90 Å². The van der Waals surface area contributed by atoms with Crippen LogP contribution in [0.15, 0.2) is 36.5 Å². The number of hydrogen-bond acceptors (Lipinski definition) is 5. The Labute approximate surface area is 98.6 Å². The molecule has 1 aromatic carbocycles. The van der Waals surface area contributed by atoms with Crippen LogP contribution in [0.5, 0.6) is 5.75 Å². The van der Waals surface area contributed by atoms with Gasteiger partial charge < -0.3 is 10.0 Å². The van der Waals surface area contributed by atoms with E-state index < -0.39 is 0 Å². The lowest BCUT2D eigenvalue weighted by Crippen LogP contribution is -2.13. The van der Waals surface area contributed by atoms with E-state index in [-0.39, 0.29) is 5.75 Å². The minimum atomic E-state index is 0.164. The summed E-state index contributed by atoms with van der Waals surface area (Å²) in [5.41, 5.74) is 1.17. The van der Waals surface area contributed by atoms with E-state index in [2.05, 4.69) is 16.3 Å². The van der Waals surface area contributed by atoms with Crippen LogP contribution in [0.25, 0.3) is 0 Å². The fraction of sp³-hybridized carbons (Fsp3) is 0.0833. The molecule has 0 fully saturated rings. The van der Waals surface area contributed by atoms with E-state index >= 15 is 0 Å². The predicted molar refractivity (Wildman–Crippen MR) is 62.9 cm³/mol. The number of benzene rings is 1. The first kappa shape index (κ1) is 10.9. The van der Waals surface area contributed by atoms with E-state index in [1.807, 2.05) is 6.07 Å². The van der Waals surface area contributed by atoms with Crippen molar-refractivity contribution in [3.05, 3.63) is 42.1 Å². The fourth-order valence-electron chi connectivity index (χ4n) is 1.48. The zero-order chi connectivity index (χ0) is 12.3. The van der Waals surface area contributed by atoms with Gasteiger partial charge in [0, 0.05) is 18.8 Å². The number of rotatable bonds is 2. The van der Waals surface area contributed by atoms with Gasteiger partial charge in [0.25, 0.3) is 0 Å². The second kappa shape index (κ2) is 4.49. The molecule has 1 aromatic heterocycles. The molecule has 0 atom stereocenters. The molecule has 1 heterocycles. The standard InChI is InChI=1S/C12H10N4O/c1-16(10-3-2-4-11(17)7-10)12-9(8-13)5-6-14-15-12/h2-7,17H,1H3. The topological polar surface area (TPSA) is 73.0 Å². The van der Waals surface area contributed by atoms with E-state index in [0.717, 1.165) is 5.69 Å². The Morgan fingerprint density at radius 2 is 2.18 bits per heavy atom. The number of phenols is 1. The van der Waals surface area contributed by atoms with Gasteiger partial charge in [-0.1, -0.05) is 6.07 Å². The van der Waals surface area contributed by atoms with Crippen molar-refractivity contribution in [3.63, 3.8) is 0 Å². The first-order chi connectivity index (χ1) is 8.22. The van der Waals surface area contributed by atoms with E-state index in [1.54, 1.807) is 36.2 Å². The zero-order valence-electron chi connectivity index (χ0n) is 9.20. The number of anilines is 2. The summed E-state index contributed by atoms with van der Waals surface area (Å²) in [5.74, 6) is 0.623. The van der Waals surface area contributed by atoms with Crippen LogP contribution in [0.4, 0.5) is 11.5 Å². The van der Waals surface area contributed by atoms with Crippen molar-refractivity contribution in [1.29, 1.82) is 5.26 Å². The second-order valence-corrected chi connectivity index (χ2v) is 3.46. The highest BCUT2D eigenvalue weighted by Crippen LogP contribution is 2.26. The van der Waals surface area contributed by atoms with Gasteiger partial charge in [0.05, 0.1) is 11.8 Å². The lowest BCUT2D eigenvalue weighted by Gasteiger charge is -2.18. The van der Waals surface area contributed by atoms with Crippen molar-refractivity contribution in [1.82, 2.24) is 10.2 Å². The SMILES string of the molecule is CN(c1cccc(O)c1)c1nnccc1C#N. The molecule has 5 nitrogen and oxygen atoms in total. The van der Waals surface area contributed by atoms with E-state index in [0.29, 0.717) is 11.4 Å². The molecule has 0 unspecified atom stereocenters. The van der Waals surface area contributed by atoms with Gasteiger partial charge in [0.1, 0.15) is 11.8 Å². The molecule has 0 radical (unpaired) electrons. The van der Waals surface area contributed by atoms with Crippen LogP contribution in [0.1, 0.15) is 5.56 Å². The average molecular weight is 226 g/mol. The van der Waals surface area contributed by atoms with Gasteiger partial charge >= 0.3 is 0 Å². The second-order valence-electron chi connectivity index (χ2n) is 3.46. The number of phenolic OH excluding ortho intramolecular Hbond substituents is 1. The van der Waals surface area contributed by atoms with E-state index in [1.165, 1.54) is 6.20 Å². The predicted octanol–water partition coefficient (Wildman–Crippen LogP) is 1.82. The van der Waals surface area contributed by atoms with Crippen LogP contribution in [-0.4, -0.2) is 22.4 Å². The average Bonchev–Trinajstić information content (AvgIpc) is 2.38. The van der Waals surface area contributed by atoms with Crippen molar-refractivity contribution < 1.29 is 5.11 Å². The number of nitriles is 1. The van der Waals surface area contributed by atoms with Crippen molar-refractivity contribution in [2.75, 3.05) is 11.9 Å². The number of aromatic hydroxyl groups is 1. The smallest absolute Gasteiger partial charge is 0.173 e. The Bertz CT molecular complexity index is 577. The molecule has 0 spiro atoms. The summed E-state index contributed by atoms with van der Waals surface area (Å²) in [6.07, 6.45) is 1.47. The van der Waals surface area contributed by atoms with Crippen LogP contribution in [0.3, 0.4) is 0 Å². The number of nitrogens with zero attached hydrogens (tertiary/aromatic N) is 4. The summed E-state index contributed by atoms with van der Waals surface area (Å²) < 4.78 is 0. The quantitative estimate of drug-likeness (QED) is 0.845. The highest BCUT2D eigenvalue weighted by Gasteiger charge is 2.11. The Morgan fingerprint density at radius 3 is 2.88 bits per heavy atom. The maximum Gasteiger partial charge on any atom is 0.173 e. The summed E-state index contributed by atoms with van der Waals surface area (Å²) in [7, 11) is 1.76. The van der Waals surface area contributed by atoms with Gasteiger partial charge in [-0.3, -0.25) is 0 Å². The third-order valence-electron chi connectivity index (χ3n) is 2.36. The van der Waals surface area contributed by atoms with E-state index in [4.69, 9.17) is 5.26 Å².